The zero-order valence-corrected chi connectivity index (χ0v) is 26.2. The second-order valence-corrected chi connectivity index (χ2v) is 11.4. The molecule has 43 heavy (non-hydrogen) atoms. The van der Waals surface area contributed by atoms with E-state index in [9.17, 15) is 23.1 Å². The molecule has 2 N–H and O–H groups in total. The molecule has 2 heterocycles. The predicted molar refractivity (Wildman–Crippen MR) is 167 cm³/mol. The van der Waals surface area contributed by atoms with Crippen LogP contribution in [-0.4, -0.2) is 120 Å². The lowest BCUT2D eigenvalue weighted by Crippen LogP contribution is -2.49. The van der Waals surface area contributed by atoms with Crippen molar-refractivity contribution in [2.24, 2.45) is 0 Å². The van der Waals surface area contributed by atoms with E-state index in [4.69, 9.17) is 0 Å². The molecule has 0 bridgehead atoms. The molecule has 1 saturated heterocycles. The topological polar surface area (TPSA) is 118 Å². The molecule has 1 unspecified atom stereocenters. The van der Waals surface area contributed by atoms with Gasteiger partial charge in [-0.3, -0.25) is 34.0 Å². The molecule has 1 aliphatic heterocycles. The number of nitrogens with one attached hydrogen (secondary N) is 2. The zero-order valence-electron chi connectivity index (χ0n) is 25.4. The first-order chi connectivity index (χ1) is 20.7. The van der Waals surface area contributed by atoms with Crippen LogP contribution in [0, 0.1) is 0 Å². The maximum atomic E-state index is 13.2. The summed E-state index contributed by atoms with van der Waals surface area (Å²) in [6.07, 6.45) is 6.04. The van der Waals surface area contributed by atoms with E-state index in [2.05, 4.69) is 38.6 Å². The minimum atomic E-state index is -0.616. The van der Waals surface area contributed by atoms with Crippen LogP contribution in [0.3, 0.4) is 0 Å². The first-order valence-corrected chi connectivity index (χ1v) is 15.3. The van der Waals surface area contributed by atoms with E-state index in [0.29, 0.717) is 84.0 Å². The third kappa shape index (κ3) is 13.9. The number of ketones is 1. The number of hydrogen-bond donors (Lipinski definition) is 2. The summed E-state index contributed by atoms with van der Waals surface area (Å²) < 4.78 is 12.5. The Morgan fingerprint density at radius 1 is 1.07 bits per heavy atom. The Kier molecular flexibility index (Phi) is 16.9. The van der Waals surface area contributed by atoms with Crippen molar-refractivity contribution in [2.75, 3.05) is 65.8 Å². The van der Waals surface area contributed by atoms with Crippen molar-refractivity contribution in [3.05, 3.63) is 48.7 Å². The molecular formula is C30H46FN7O4S. The highest BCUT2D eigenvalue weighted by Crippen LogP contribution is 2.15. The molecule has 1 aromatic heterocycles. The molecule has 1 aromatic rings. The van der Waals surface area contributed by atoms with E-state index in [1.165, 1.54) is 18.3 Å². The first-order valence-electron chi connectivity index (χ1n) is 14.6. The monoisotopic (exact) mass is 619 g/mol. The molecule has 0 aromatic carbocycles. The van der Waals surface area contributed by atoms with Crippen LogP contribution in [0.4, 0.5) is 3.89 Å². The van der Waals surface area contributed by atoms with Gasteiger partial charge in [0.2, 0.25) is 5.91 Å². The fraction of sp³-hybridized carbons (Fsp3) is 0.567. The number of aromatic nitrogens is 1. The van der Waals surface area contributed by atoms with E-state index < -0.39 is 6.04 Å². The summed E-state index contributed by atoms with van der Waals surface area (Å²) >= 11 is 0.0150. The van der Waals surface area contributed by atoms with Crippen LogP contribution in [0.25, 0.3) is 0 Å². The predicted octanol–water partition coefficient (Wildman–Crippen LogP) is 2.48. The Labute approximate surface area is 259 Å². The minimum absolute atomic E-state index is 0.0150. The van der Waals surface area contributed by atoms with Crippen molar-refractivity contribution < 1.29 is 23.1 Å². The summed E-state index contributed by atoms with van der Waals surface area (Å²) in [5.41, 5.74) is 1.36. The van der Waals surface area contributed by atoms with Gasteiger partial charge in [-0.15, -0.1) is 6.58 Å². The Morgan fingerprint density at radius 3 is 2.42 bits per heavy atom. The van der Waals surface area contributed by atoms with Gasteiger partial charge >= 0.3 is 0 Å². The van der Waals surface area contributed by atoms with E-state index in [1.54, 1.807) is 6.92 Å². The standard InChI is InChI=1S/C30H46FN7O4S/c1-5-13-35-14-15-36(22-37(16-17-39)23-38(21-35)19-24(3)4)20-28(41)34-26(27(40)6-2)9-7-8-12-32-30(42)25-10-11-29(43-31)33-18-25/h5,10-11,17-18,26H,1,3,6-9,12-16,19-23H2,2,4H3,(H,32,42)(H,34,41). The highest BCUT2D eigenvalue weighted by atomic mass is 32.2. The van der Waals surface area contributed by atoms with Crippen LogP contribution >= 0.6 is 12.1 Å². The third-order valence-corrected chi connectivity index (χ3v) is 7.27. The van der Waals surface area contributed by atoms with Gasteiger partial charge in [0.05, 0.1) is 44.7 Å². The SMILES string of the molecule is C=CCN1CCN(CC(=O)NC(CCCCNC(=O)c2ccc(SF)nc2)C(=O)CC)CN(CC=O)CN(CC(=C)C)C1. The molecule has 13 heteroatoms. The van der Waals surface area contributed by atoms with E-state index >= 15 is 0 Å². The van der Waals surface area contributed by atoms with Crippen molar-refractivity contribution in [3.63, 3.8) is 0 Å². The third-order valence-electron chi connectivity index (χ3n) is 6.87. The van der Waals surface area contributed by atoms with Crippen LogP contribution in [-0.2, 0) is 14.4 Å². The summed E-state index contributed by atoms with van der Waals surface area (Å²) in [6, 6.07) is 2.33. The molecule has 0 spiro atoms. The largest absolute Gasteiger partial charge is 0.352 e. The van der Waals surface area contributed by atoms with Gasteiger partial charge in [0.15, 0.2) is 5.78 Å². The first kappa shape index (κ1) is 36.2. The molecule has 0 aliphatic carbocycles. The molecular weight excluding hydrogens is 573 g/mol. The number of carbonyl (C=O) groups excluding carboxylic acids is 4. The Bertz CT molecular complexity index is 1080. The number of halogens is 1. The van der Waals surface area contributed by atoms with Gasteiger partial charge in [0, 0.05) is 45.3 Å². The fourth-order valence-electron chi connectivity index (χ4n) is 4.87. The second-order valence-electron chi connectivity index (χ2n) is 10.8. The van der Waals surface area contributed by atoms with Gasteiger partial charge in [-0.05, 0) is 38.3 Å². The summed E-state index contributed by atoms with van der Waals surface area (Å²) in [7, 11) is 0. The molecule has 1 atom stereocenters. The minimum Gasteiger partial charge on any atom is -0.352 e. The molecule has 2 amide bonds. The summed E-state index contributed by atoms with van der Waals surface area (Å²) in [4.78, 5) is 61.8. The van der Waals surface area contributed by atoms with Gasteiger partial charge in [0.25, 0.3) is 5.91 Å². The lowest BCUT2D eigenvalue weighted by atomic mass is 10.0. The number of hydrogen-bond acceptors (Lipinski definition) is 10. The van der Waals surface area contributed by atoms with Crippen molar-refractivity contribution in [1.29, 1.82) is 0 Å². The van der Waals surface area contributed by atoms with Gasteiger partial charge in [-0.2, -0.15) is 3.89 Å². The van der Waals surface area contributed by atoms with Crippen molar-refractivity contribution in [1.82, 2.24) is 35.2 Å². The summed E-state index contributed by atoms with van der Waals surface area (Å²) in [6.45, 7) is 16.7. The highest BCUT2D eigenvalue weighted by molar-refractivity contribution is 7.94. The molecule has 0 radical (unpaired) electrons. The van der Waals surface area contributed by atoms with Crippen LogP contribution in [0.15, 0.2) is 48.2 Å². The average Bonchev–Trinajstić information content (AvgIpc) is 3.05. The Morgan fingerprint density at radius 2 is 1.79 bits per heavy atom. The number of amides is 2. The lowest BCUT2D eigenvalue weighted by Gasteiger charge is -2.32. The van der Waals surface area contributed by atoms with Gasteiger partial charge in [0.1, 0.15) is 23.5 Å². The fourth-order valence-corrected chi connectivity index (χ4v) is 5.08. The molecule has 0 saturated carbocycles. The van der Waals surface area contributed by atoms with E-state index in [-0.39, 0.29) is 47.9 Å². The van der Waals surface area contributed by atoms with Crippen LogP contribution < -0.4 is 10.6 Å². The van der Waals surface area contributed by atoms with Gasteiger partial charge in [-0.1, -0.05) is 25.2 Å². The van der Waals surface area contributed by atoms with E-state index in [1.807, 2.05) is 22.8 Å². The summed E-state index contributed by atoms with van der Waals surface area (Å²) in [5, 5.41) is 5.91. The number of pyridine rings is 1. The van der Waals surface area contributed by atoms with Crippen molar-refractivity contribution in [2.45, 2.75) is 50.6 Å². The molecule has 11 nitrogen and oxygen atoms in total. The van der Waals surface area contributed by atoms with Crippen molar-refractivity contribution >= 4 is 36.0 Å². The van der Waals surface area contributed by atoms with Crippen LogP contribution in [0.2, 0.25) is 0 Å². The van der Waals surface area contributed by atoms with E-state index in [0.717, 1.165) is 11.9 Å². The average molecular weight is 620 g/mol. The quantitative estimate of drug-likeness (QED) is 0.144. The smallest absolute Gasteiger partial charge is 0.252 e. The molecule has 238 valence electrons. The van der Waals surface area contributed by atoms with Crippen molar-refractivity contribution in [3.8, 4) is 0 Å². The number of carbonyl (C=O) groups is 4. The second kappa shape index (κ2) is 20.1. The molecule has 2 rings (SSSR count). The van der Waals surface area contributed by atoms with Gasteiger partial charge < -0.3 is 15.4 Å². The number of Topliss-reactive ketones (excluding diaryl/α,β-unsaturated/α-hetero) is 1. The maximum Gasteiger partial charge on any atom is 0.252 e. The molecule has 1 aliphatic rings. The number of aldehydes is 1. The normalized spacial score (nSPS) is 16.3. The molecule has 1 fully saturated rings. The Hall–Kier alpha value is -2.97. The summed E-state index contributed by atoms with van der Waals surface area (Å²) in [5.74, 6) is -0.602. The number of rotatable bonds is 18. The number of nitrogens with zero attached hydrogens (tertiary/aromatic N) is 5. The Balaban J connectivity index is 1.93. The lowest BCUT2D eigenvalue weighted by molar-refractivity contribution is -0.129. The van der Waals surface area contributed by atoms with Gasteiger partial charge in [-0.25, -0.2) is 4.98 Å². The highest BCUT2D eigenvalue weighted by Gasteiger charge is 2.24. The van der Waals surface area contributed by atoms with Crippen LogP contribution in [0.1, 0.15) is 49.9 Å². The van der Waals surface area contributed by atoms with Crippen LogP contribution in [0.5, 0.6) is 0 Å². The zero-order chi connectivity index (χ0) is 31.6. The number of unbranched alkanes of at least 4 members (excludes halogenated alkanes) is 1. The maximum absolute atomic E-state index is 13.2.